The minimum absolute atomic E-state index is 0.240. The van der Waals surface area contributed by atoms with Crippen molar-refractivity contribution in [2.24, 2.45) is 4.99 Å². The van der Waals surface area contributed by atoms with Gasteiger partial charge in [-0.1, -0.05) is 0 Å². The fourth-order valence-corrected chi connectivity index (χ4v) is 2.78. The Morgan fingerprint density at radius 1 is 1.39 bits per heavy atom. The summed E-state index contributed by atoms with van der Waals surface area (Å²) >= 11 is 0. The third-order valence-corrected chi connectivity index (χ3v) is 4.23. The van der Waals surface area contributed by atoms with Crippen LogP contribution >= 0.6 is 0 Å². The molecule has 0 spiro atoms. The number of anilines is 2. The Bertz CT molecular complexity index is 1360. The number of imidazole rings is 1. The second-order valence-corrected chi connectivity index (χ2v) is 6.60. The first-order chi connectivity index (χ1) is 13.5. The van der Waals surface area contributed by atoms with Gasteiger partial charge in [0.1, 0.15) is 17.8 Å². The Balaban J connectivity index is 1.69. The van der Waals surface area contributed by atoms with Crippen molar-refractivity contribution in [3.8, 4) is 5.88 Å². The third-order valence-electron chi connectivity index (χ3n) is 4.23. The number of hydrogen-bond acceptors (Lipinski definition) is 8. The molecule has 1 aliphatic rings. The molecule has 4 heterocycles. The quantitative estimate of drug-likeness (QED) is 0.392. The number of nitrogens with one attached hydrogen (secondary N) is 3. The molecule has 0 bridgehead atoms. The molecule has 1 aliphatic carbocycles. The monoisotopic (exact) mass is 380 g/mol. The van der Waals surface area contributed by atoms with Crippen LogP contribution in [0.25, 0.3) is 11.7 Å². The van der Waals surface area contributed by atoms with Gasteiger partial charge >= 0.3 is 5.69 Å². The third kappa shape index (κ3) is 3.02. The van der Waals surface area contributed by atoms with Gasteiger partial charge in [0.25, 0.3) is 6.01 Å². The van der Waals surface area contributed by atoms with E-state index in [0.717, 1.165) is 18.5 Å². The molecule has 0 aliphatic heterocycles. The summed E-state index contributed by atoms with van der Waals surface area (Å²) < 4.78 is 6.96. The van der Waals surface area contributed by atoms with Gasteiger partial charge in [0.2, 0.25) is 5.88 Å². The zero-order chi connectivity index (χ0) is 19.3. The molecule has 1 fully saturated rings. The maximum absolute atomic E-state index is 11.4. The average Bonchev–Trinajstić information content (AvgIpc) is 3.08. The number of rotatable bonds is 4. The molecule has 4 aromatic heterocycles. The molecular weight excluding hydrogens is 364 g/mol. The van der Waals surface area contributed by atoms with E-state index in [-0.39, 0.29) is 17.6 Å². The second-order valence-electron chi connectivity index (χ2n) is 6.60. The van der Waals surface area contributed by atoms with E-state index in [0.29, 0.717) is 28.2 Å². The molecular formula is C17H16N8O3. The van der Waals surface area contributed by atoms with Gasteiger partial charge in [-0.15, -0.1) is 0 Å². The molecule has 4 aromatic rings. The fraction of sp³-hybridized carbons (Fsp3) is 0.235. The summed E-state index contributed by atoms with van der Waals surface area (Å²) in [4.78, 5) is 29.7. The van der Waals surface area contributed by atoms with Gasteiger partial charge in [-0.2, -0.15) is 14.6 Å². The van der Waals surface area contributed by atoms with Crippen LogP contribution in [-0.2, 0) is 0 Å². The number of aryl methyl sites for hydroxylation is 1. The van der Waals surface area contributed by atoms with Crippen LogP contribution in [0.2, 0.25) is 0 Å². The van der Waals surface area contributed by atoms with E-state index in [1.54, 1.807) is 29.1 Å². The number of oxazole rings is 1. The highest BCUT2D eigenvalue weighted by Gasteiger charge is 2.20. The number of fused-ring (bicyclic) bond motifs is 1. The first kappa shape index (κ1) is 16.3. The minimum Gasteiger partial charge on any atom is -0.493 e. The van der Waals surface area contributed by atoms with Crippen molar-refractivity contribution in [1.29, 1.82) is 0 Å². The lowest BCUT2D eigenvalue weighted by Gasteiger charge is -2.02. The predicted octanol–water partition coefficient (Wildman–Crippen LogP) is 0.102. The largest absolute Gasteiger partial charge is 0.493 e. The van der Waals surface area contributed by atoms with Gasteiger partial charge in [-0.3, -0.25) is 15.3 Å². The van der Waals surface area contributed by atoms with Crippen LogP contribution < -0.4 is 21.7 Å². The predicted molar refractivity (Wildman–Crippen MR) is 98.0 cm³/mol. The summed E-state index contributed by atoms with van der Waals surface area (Å²) in [6, 6.07) is 2.38. The van der Waals surface area contributed by atoms with Crippen LogP contribution in [0.15, 0.2) is 32.7 Å². The lowest BCUT2D eigenvalue weighted by atomic mass is 10.3. The molecule has 0 radical (unpaired) electrons. The van der Waals surface area contributed by atoms with E-state index in [4.69, 9.17) is 9.41 Å². The molecule has 4 N–H and O–H groups in total. The Labute approximate surface area is 156 Å². The zero-order valence-corrected chi connectivity index (χ0v) is 14.8. The molecule has 0 aromatic carbocycles. The van der Waals surface area contributed by atoms with Crippen LogP contribution in [-0.4, -0.2) is 40.7 Å². The Hall–Kier alpha value is -3.89. The number of aromatic amines is 2. The SMILES string of the molecule is Cc1coc(Nc2cc(=NC3CC3)n3nc/c(=C/c4[nH]c(=O)[nH]c4O)c3n2)n1. The number of hydrogen-bond donors (Lipinski definition) is 4. The highest BCUT2D eigenvalue weighted by Crippen LogP contribution is 2.22. The van der Waals surface area contributed by atoms with E-state index in [1.807, 2.05) is 6.92 Å². The van der Waals surface area contributed by atoms with Gasteiger partial charge < -0.3 is 14.5 Å². The first-order valence-corrected chi connectivity index (χ1v) is 8.70. The van der Waals surface area contributed by atoms with Crippen molar-refractivity contribution in [3.05, 3.63) is 51.1 Å². The fourth-order valence-electron chi connectivity index (χ4n) is 2.78. The van der Waals surface area contributed by atoms with Gasteiger partial charge in [0, 0.05) is 11.3 Å². The Kier molecular flexibility index (Phi) is 3.54. The van der Waals surface area contributed by atoms with E-state index in [2.05, 4.69) is 30.4 Å². The smallest absolute Gasteiger partial charge is 0.326 e. The highest BCUT2D eigenvalue weighted by molar-refractivity contribution is 5.59. The molecule has 28 heavy (non-hydrogen) atoms. The standard InChI is InChI=1S/C17H16N8O3/c1-8-7-28-17(19-8)23-12-5-13(20-10-2-3-10)25-14(22-12)9(6-18-25)4-11-15(26)24-16(27)21-11/h4-7,10,26H,2-3H2,1H3,(H,19,23)(H2,21,24,27)/b9-4-,20-13?. The molecule has 0 atom stereocenters. The molecule has 0 amide bonds. The van der Waals surface area contributed by atoms with Crippen LogP contribution in [0.3, 0.4) is 0 Å². The Morgan fingerprint density at radius 3 is 2.93 bits per heavy atom. The molecule has 0 unspecified atom stereocenters. The Morgan fingerprint density at radius 2 is 2.25 bits per heavy atom. The van der Waals surface area contributed by atoms with Crippen molar-refractivity contribution < 1.29 is 9.52 Å². The van der Waals surface area contributed by atoms with Crippen LogP contribution in [0.4, 0.5) is 11.8 Å². The minimum atomic E-state index is -0.501. The molecule has 5 rings (SSSR count). The van der Waals surface area contributed by atoms with Crippen LogP contribution in [0.5, 0.6) is 5.88 Å². The van der Waals surface area contributed by atoms with E-state index < -0.39 is 5.69 Å². The van der Waals surface area contributed by atoms with Crippen molar-refractivity contribution in [3.63, 3.8) is 0 Å². The summed E-state index contributed by atoms with van der Waals surface area (Å²) in [7, 11) is 0. The van der Waals surface area contributed by atoms with Gasteiger partial charge in [0.05, 0.1) is 17.9 Å². The van der Waals surface area contributed by atoms with Crippen molar-refractivity contribution in [2.45, 2.75) is 25.8 Å². The lowest BCUT2D eigenvalue weighted by molar-refractivity contribution is 0.454. The number of nitrogens with zero attached hydrogens (tertiary/aromatic N) is 5. The summed E-state index contributed by atoms with van der Waals surface area (Å²) in [5.41, 5.74) is 1.64. The maximum atomic E-state index is 11.4. The summed E-state index contributed by atoms with van der Waals surface area (Å²) in [5, 5.41) is 17.8. The normalized spacial score (nSPS) is 15.6. The van der Waals surface area contributed by atoms with Crippen molar-refractivity contribution >= 4 is 23.6 Å². The topological polar surface area (TPSA) is 149 Å². The van der Waals surface area contributed by atoms with Gasteiger partial charge in [-0.05, 0) is 25.8 Å². The van der Waals surface area contributed by atoms with Crippen LogP contribution in [0, 0.1) is 6.92 Å². The molecule has 11 nitrogen and oxygen atoms in total. The summed E-state index contributed by atoms with van der Waals surface area (Å²) in [6.07, 6.45) is 6.81. The van der Waals surface area contributed by atoms with E-state index >= 15 is 0 Å². The van der Waals surface area contributed by atoms with Gasteiger partial charge in [-0.25, -0.2) is 9.78 Å². The van der Waals surface area contributed by atoms with Gasteiger partial charge in [0.15, 0.2) is 11.1 Å². The summed E-state index contributed by atoms with van der Waals surface area (Å²) in [6.45, 7) is 1.83. The summed E-state index contributed by atoms with van der Waals surface area (Å²) in [5.74, 6) is 0.243. The first-order valence-electron chi connectivity index (χ1n) is 8.70. The molecule has 11 heteroatoms. The van der Waals surface area contributed by atoms with E-state index in [1.165, 1.54) is 0 Å². The lowest BCUT2D eigenvalue weighted by Crippen LogP contribution is -2.19. The van der Waals surface area contributed by atoms with Crippen LogP contribution in [0.1, 0.15) is 24.2 Å². The van der Waals surface area contributed by atoms with E-state index in [9.17, 15) is 9.90 Å². The molecule has 1 saturated carbocycles. The number of H-pyrrole nitrogens is 2. The second kappa shape index (κ2) is 6.08. The van der Waals surface area contributed by atoms with Crippen molar-refractivity contribution in [2.75, 3.05) is 5.32 Å². The number of aromatic nitrogens is 6. The molecule has 142 valence electrons. The zero-order valence-electron chi connectivity index (χ0n) is 14.8. The molecule has 0 saturated heterocycles. The average molecular weight is 380 g/mol. The highest BCUT2D eigenvalue weighted by atomic mass is 16.4. The van der Waals surface area contributed by atoms with Crippen molar-refractivity contribution in [1.82, 2.24) is 29.5 Å². The number of aromatic hydroxyl groups is 1. The maximum Gasteiger partial charge on any atom is 0.326 e.